The number of aliphatic hydroxyl groups excluding tert-OH is 1. The number of ketones is 2. The van der Waals surface area contributed by atoms with E-state index in [1.807, 2.05) is 29.4 Å². The number of ether oxygens (including phenoxy) is 2. The molecule has 64 heavy (non-hydrogen) atoms. The number of allylic oxidation sites excluding steroid dienone is 4. The molecule has 2 N–H and O–H groups in total. The van der Waals surface area contributed by atoms with Gasteiger partial charge < -0.3 is 38.0 Å². The van der Waals surface area contributed by atoms with Crippen LogP contribution in [0, 0.1) is 55.2 Å². The van der Waals surface area contributed by atoms with Crippen molar-refractivity contribution in [2.75, 3.05) is 31.6 Å². The number of esters is 1. The highest BCUT2D eigenvalue weighted by Crippen LogP contribution is 2.67. The molecule has 0 amide bonds. The summed E-state index contributed by atoms with van der Waals surface area (Å²) in [6.07, 6.45) is 7.94. The standard InChI is InChI=1S/C49H60FN3O11/c1-24-22-52(19-18-51(24)23-34-27(4)62-45(59)63-34)40-38(50)25(2)35-39(42(40)61-9)53(29-11-12-29)26(3)36(41(35)56)43(57)64-46(5,6)44(58)49(60)17-15-32-31-13-10-28-20-30(54)14-16-47(28,7)37(31)33(55)21-48(32,49)8/h14,16,20,24,29,31-33,37,55,60H,10-13,15,17-19,21-23H2,1-9H3/t24?,31-,32-,33-,37+,47-,48-,49-/m0/s1. The largest absolute Gasteiger partial charge is 0.519 e. The molecule has 9 rings (SSSR count). The molecule has 1 aliphatic heterocycles. The molecule has 14 nitrogen and oxygen atoms in total. The van der Waals surface area contributed by atoms with Crippen molar-refractivity contribution >= 4 is 34.1 Å². The van der Waals surface area contributed by atoms with Crippen molar-refractivity contribution in [3.05, 3.63) is 78.8 Å². The number of halogens is 1. The number of aryl methyl sites for hydroxylation is 2. The number of hydrogen-bond acceptors (Lipinski definition) is 13. The van der Waals surface area contributed by atoms with Gasteiger partial charge in [0.25, 0.3) is 0 Å². The third-order valence-corrected chi connectivity index (χ3v) is 16.5. The minimum absolute atomic E-state index is 0.0179. The van der Waals surface area contributed by atoms with E-state index in [1.165, 1.54) is 27.9 Å². The number of nitrogens with zero attached hydrogens (tertiary/aromatic N) is 3. The lowest BCUT2D eigenvalue weighted by Gasteiger charge is -2.59. The van der Waals surface area contributed by atoms with E-state index in [1.54, 1.807) is 26.0 Å². The second-order valence-electron chi connectivity index (χ2n) is 20.5. The normalized spacial score (nSPS) is 31.7. The van der Waals surface area contributed by atoms with Crippen molar-refractivity contribution in [2.24, 2.45) is 28.6 Å². The highest BCUT2D eigenvalue weighted by molar-refractivity contribution is 6.03. The molecule has 2 aromatic heterocycles. The van der Waals surface area contributed by atoms with Gasteiger partial charge in [-0.25, -0.2) is 14.0 Å². The van der Waals surface area contributed by atoms with Gasteiger partial charge in [0.1, 0.15) is 22.6 Å². The van der Waals surface area contributed by atoms with Crippen molar-refractivity contribution < 1.29 is 47.3 Å². The van der Waals surface area contributed by atoms with Gasteiger partial charge in [-0.15, -0.1) is 0 Å². The summed E-state index contributed by atoms with van der Waals surface area (Å²) in [5.74, 6) is -2.58. The Labute approximate surface area is 371 Å². The third kappa shape index (κ3) is 6.45. The molecule has 0 spiro atoms. The molecule has 5 aliphatic carbocycles. The number of carbonyl (C=O) groups excluding carboxylic acids is 3. The molecule has 6 aliphatic rings. The Kier molecular flexibility index (Phi) is 10.5. The molecule has 8 atom stereocenters. The predicted octanol–water partition coefficient (Wildman–Crippen LogP) is 6.18. The van der Waals surface area contributed by atoms with Gasteiger partial charge in [0.2, 0.25) is 11.2 Å². The molecule has 1 saturated heterocycles. The number of carbonyl (C=O) groups is 3. The quantitative estimate of drug-likeness (QED) is 0.233. The Balaban J connectivity index is 1.02. The number of Topliss-reactive ketones (excluding diaryl/α,β-unsaturated/α-hetero) is 1. The second-order valence-corrected chi connectivity index (χ2v) is 20.5. The smallest absolute Gasteiger partial charge is 0.492 e. The van der Waals surface area contributed by atoms with E-state index in [9.17, 15) is 34.2 Å². The first-order valence-corrected chi connectivity index (χ1v) is 22.7. The Morgan fingerprint density at radius 3 is 2.41 bits per heavy atom. The first kappa shape index (κ1) is 44.3. The van der Waals surface area contributed by atoms with Gasteiger partial charge in [-0.2, -0.15) is 0 Å². The maximum Gasteiger partial charge on any atom is 0.519 e. The molecule has 3 heterocycles. The maximum atomic E-state index is 17.0. The lowest BCUT2D eigenvalue weighted by molar-refractivity contribution is -0.188. The van der Waals surface area contributed by atoms with E-state index >= 15 is 4.39 Å². The van der Waals surface area contributed by atoms with Gasteiger partial charge >= 0.3 is 11.8 Å². The number of aliphatic hydroxyl groups is 2. The fourth-order valence-electron chi connectivity index (χ4n) is 13.0. The van der Waals surface area contributed by atoms with Gasteiger partial charge in [0.15, 0.2) is 28.7 Å². The minimum atomic E-state index is -1.96. The summed E-state index contributed by atoms with van der Waals surface area (Å²) in [5, 5.41) is 24.6. The van der Waals surface area contributed by atoms with Crippen LogP contribution < -0.4 is 20.9 Å². The first-order chi connectivity index (χ1) is 30.1. The molecule has 344 valence electrons. The van der Waals surface area contributed by atoms with Crippen LogP contribution >= 0.6 is 0 Å². The van der Waals surface area contributed by atoms with Crippen molar-refractivity contribution in [1.29, 1.82) is 0 Å². The molecule has 1 unspecified atom stereocenters. The van der Waals surface area contributed by atoms with Crippen LogP contribution in [0.1, 0.15) is 119 Å². The topological polar surface area (TPSA) is 182 Å². The van der Waals surface area contributed by atoms with E-state index in [4.69, 9.17) is 18.3 Å². The van der Waals surface area contributed by atoms with E-state index in [0.717, 1.165) is 18.4 Å². The van der Waals surface area contributed by atoms with E-state index < -0.39 is 57.0 Å². The average Bonchev–Trinajstić information content (AvgIpc) is 3.95. The molecule has 3 aromatic rings. The fourth-order valence-corrected chi connectivity index (χ4v) is 13.0. The molecule has 4 saturated carbocycles. The van der Waals surface area contributed by atoms with Crippen LogP contribution in [0.15, 0.2) is 42.2 Å². The Morgan fingerprint density at radius 2 is 1.77 bits per heavy atom. The average molecular weight is 886 g/mol. The monoisotopic (exact) mass is 885 g/mol. The van der Waals surface area contributed by atoms with Crippen molar-refractivity contribution in [3.63, 3.8) is 0 Å². The number of hydrogen-bond donors (Lipinski definition) is 2. The van der Waals surface area contributed by atoms with Crippen molar-refractivity contribution in [3.8, 4) is 5.75 Å². The molecule has 0 bridgehead atoms. The molecular formula is C49H60FN3O11. The predicted molar refractivity (Wildman–Crippen MR) is 234 cm³/mol. The van der Waals surface area contributed by atoms with Crippen molar-refractivity contribution in [1.82, 2.24) is 9.47 Å². The van der Waals surface area contributed by atoms with Gasteiger partial charge in [0.05, 0.1) is 30.7 Å². The summed E-state index contributed by atoms with van der Waals surface area (Å²) >= 11 is 0. The summed E-state index contributed by atoms with van der Waals surface area (Å²) in [5.41, 5.74) is -4.59. The number of rotatable bonds is 9. The van der Waals surface area contributed by atoms with Crippen LogP contribution in [-0.4, -0.2) is 87.3 Å². The number of methoxy groups -OCH3 is 1. The van der Waals surface area contributed by atoms with Crippen LogP contribution in [0.2, 0.25) is 0 Å². The van der Waals surface area contributed by atoms with Crippen LogP contribution in [0.4, 0.5) is 10.1 Å². The summed E-state index contributed by atoms with van der Waals surface area (Å²) in [4.78, 5) is 72.2. The second kappa shape index (κ2) is 15.1. The van der Waals surface area contributed by atoms with E-state index in [0.29, 0.717) is 68.2 Å². The maximum absolute atomic E-state index is 17.0. The molecule has 15 heteroatoms. The fraction of sp³-hybridized carbons (Fsp3) is 0.612. The summed E-state index contributed by atoms with van der Waals surface area (Å²) < 4.78 is 41.2. The molecule has 1 aromatic carbocycles. The Hall–Kier alpha value is -4.86. The number of aromatic nitrogens is 1. The zero-order valence-corrected chi connectivity index (χ0v) is 38.3. The van der Waals surface area contributed by atoms with Crippen LogP contribution in [0.5, 0.6) is 5.75 Å². The number of anilines is 1. The van der Waals surface area contributed by atoms with Crippen LogP contribution in [0.3, 0.4) is 0 Å². The third-order valence-electron chi connectivity index (χ3n) is 16.5. The van der Waals surface area contributed by atoms with Gasteiger partial charge in [-0.05, 0) is 110 Å². The van der Waals surface area contributed by atoms with E-state index in [2.05, 4.69) is 11.8 Å². The summed E-state index contributed by atoms with van der Waals surface area (Å²) in [7, 11) is 1.44. The highest BCUT2D eigenvalue weighted by Gasteiger charge is 2.70. The number of pyridine rings is 1. The lowest BCUT2D eigenvalue weighted by atomic mass is 9.46. The molecular weight excluding hydrogens is 826 g/mol. The van der Waals surface area contributed by atoms with Crippen LogP contribution in [0.25, 0.3) is 10.9 Å². The molecule has 5 fully saturated rings. The highest BCUT2D eigenvalue weighted by atomic mass is 19.1. The van der Waals surface area contributed by atoms with Gasteiger partial charge in [-0.3, -0.25) is 19.3 Å². The molecule has 0 radical (unpaired) electrons. The number of fused-ring (bicyclic) bond motifs is 6. The first-order valence-electron chi connectivity index (χ1n) is 22.7. The summed E-state index contributed by atoms with van der Waals surface area (Å²) in [6, 6.07) is -0.223. The number of piperazine rings is 1. The van der Waals surface area contributed by atoms with Crippen molar-refractivity contribution in [2.45, 2.75) is 136 Å². The number of benzene rings is 1. The Morgan fingerprint density at radius 1 is 1.05 bits per heavy atom. The Bertz CT molecular complexity index is 2690. The SMILES string of the molecule is COc1c(N2CCN(Cc3oc(=O)oc3C)C(C)C2)c(F)c(C)c2c(=O)c(C(=O)OC(C)(C)C(=O)[C@@]3(O)CC[C@H]4[C@@H]5CCC6=CC(=O)C=C[C@]6(C)[C@H]5[C@@H](O)C[C@@]43C)c(C)n(C3CC3)c12. The van der Waals surface area contributed by atoms with Gasteiger partial charge in [0, 0.05) is 59.7 Å². The van der Waals surface area contributed by atoms with E-state index in [-0.39, 0.29) is 76.4 Å². The zero-order chi connectivity index (χ0) is 46.2. The van der Waals surface area contributed by atoms with Gasteiger partial charge in [-0.1, -0.05) is 25.5 Å². The van der Waals surface area contributed by atoms with Crippen LogP contribution in [-0.2, 0) is 20.9 Å². The lowest BCUT2D eigenvalue weighted by Crippen LogP contribution is -2.64. The summed E-state index contributed by atoms with van der Waals surface area (Å²) in [6.45, 7) is 15.2. The minimum Gasteiger partial charge on any atom is -0.492 e. The zero-order valence-electron chi connectivity index (χ0n) is 38.3.